The summed E-state index contributed by atoms with van der Waals surface area (Å²) in [6.07, 6.45) is 2.78. The number of hydrogen-bond acceptors (Lipinski definition) is 4. The van der Waals surface area contributed by atoms with Crippen LogP contribution >= 0.6 is 0 Å². The zero-order chi connectivity index (χ0) is 25.1. The lowest BCUT2D eigenvalue weighted by molar-refractivity contribution is 0.0120. The molecule has 2 aromatic carbocycles. The topological polar surface area (TPSA) is 62.5 Å². The summed E-state index contributed by atoms with van der Waals surface area (Å²) < 4.78 is 16.8. The van der Waals surface area contributed by atoms with Gasteiger partial charge in [0.05, 0.1) is 22.2 Å². The van der Waals surface area contributed by atoms with Gasteiger partial charge in [0.25, 0.3) is 11.1 Å². The van der Waals surface area contributed by atoms with E-state index in [1.807, 2.05) is 55.6 Å². The Hall–Kier alpha value is -3.80. The van der Waals surface area contributed by atoms with Crippen LogP contribution in [0.1, 0.15) is 44.2 Å². The van der Waals surface area contributed by atoms with Crippen LogP contribution < -0.4 is 20.6 Å². The van der Waals surface area contributed by atoms with E-state index < -0.39 is 11.2 Å². The highest BCUT2D eigenvalue weighted by molar-refractivity contribution is 5.94. The Labute approximate surface area is 208 Å². The van der Waals surface area contributed by atoms with Gasteiger partial charge in [-0.25, -0.2) is 0 Å². The molecule has 3 aliphatic rings. The van der Waals surface area contributed by atoms with E-state index in [1.165, 1.54) is 0 Å². The molecular formula is C30H28N2O4. The van der Waals surface area contributed by atoms with Crippen LogP contribution in [0, 0.1) is 5.92 Å². The van der Waals surface area contributed by atoms with Crippen molar-refractivity contribution in [2.24, 2.45) is 20.0 Å². The highest BCUT2D eigenvalue weighted by atomic mass is 16.5. The molecule has 182 valence electrons. The van der Waals surface area contributed by atoms with Gasteiger partial charge in [0.1, 0.15) is 22.7 Å². The molecule has 2 bridgehead atoms. The van der Waals surface area contributed by atoms with Crippen LogP contribution in [0.3, 0.4) is 0 Å². The van der Waals surface area contributed by atoms with E-state index in [1.54, 1.807) is 16.2 Å². The summed E-state index contributed by atoms with van der Waals surface area (Å²) in [5, 5.41) is 1.84. The maximum absolute atomic E-state index is 13.8. The summed E-state index contributed by atoms with van der Waals surface area (Å²) in [4.78, 5) is 27.6. The fourth-order valence-corrected chi connectivity index (χ4v) is 6.99. The van der Waals surface area contributed by atoms with Gasteiger partial charge in [-0.2, -0.15) is 0 Å². The van der Waals surface area contributed by atoms with Gasteiger partial charge in [0, 0.05) is 36.7 Å². The number of fused-ring (bicyclic) bond motifs is 12. The standard InChI is InChI=1S/C30H28N2O4/c1-29(2)24-18(22-25(35-29)16-10-6-8-12-20(16)31(4)27(22)33)14-30(3)15-19(24)23-26(36-30)17-11-7-9-13-21(17)32(5)28(23)34/h6-14,19,24H,15H2,1-5H3. The molecule has 0 radical (unpaired) electrons. The fourth-order valence-electron chi connectivity index (χ4n) is 6.99. The molecule has 4 aromatic rings. The Balaban J connectivity index is 1.58. The molecule has 3 unspecified atom stereocenters. The molecule has 0 spiro atoms. The predicted octanol–water partition coefficient (Wildman–Crippen LogP) is 4.90. The Morgan fingerprint density at radius 2 is 1.39 bits per heavy atom. The number of hydrogen-bond donors (Lipinski definition) is 0. The molecule has 0 fully saturated rings. The van der Waals surface area contributed by atoms with Crippen LogP contribution in [-0.2, 0) is 14.1 Å². The number of pyridine rings is 2. The van der Waals surface area contributed by atoms with E-state index in [9.17, 15) is 9.59 Å². The van der Waals surface area contributed by atoms with Crippen molar-refractivity contribution in [3.8, 4) is 11.5 Å². The van der Waals surface area contributed by atoms with Gasteiger partial charge in [-0.15, -0.1) is 0 Å². The number of para-hydroxylation sites is 2. The van der Waals surface area contributed by atoms with Crippen molar-refractivity contribution in [2.45, 2.75) is 44.3 Å². The first-order valence-corrected chi connectivity index (χ1v) is 12.5. The minimum atomic E-state index is -0.653. The molecule has 7 rings (SSSR count). The third-order valence-electron chi connectivity index (χ3n) is 8.48. The van der Waals surface area contributed by atoms with Crippen molar-refractivity contribution in [2.75, 3.05) is 0 Å². The summed E-state index contributed by atoms with van der Waals surface area (Å²) in [5.41, 5.74) is 2.43. The fraction of sp³-hybridized carbons (Fsp3) is 0.333. The van der Waals surface area contributed by atoms with Crippen molar-refractivity contribution in [1.82, 2.24) is 9.13 Å². The van der Waals surface area contributed by atoms with E-state index in [0.29, 0.717) is 29.0 Å². The summed E-state index contributed by atoms with van der Waals surface area (Å²) in [6.45, 7) is 6.21. The smallest absolute Gasteiger partial charge is 0.262 e. The largest absolute Gasteiger partial charge is 0.486 e. The van der Waals surface area contributed by atoms with Gasteiger partial charge in [-0.3, -0.25) is 9.59 Å². The monoisotopic (exact) mass is 480 g/mol. The maximum atomic E-state index is 13.8. The molecule has 2 aliphatic heterocycles. The van der Waals surface area contributed by atoms with E-state index in [0.717, 1.165) is 27.4 Å². The maximum Gasteiger partial charge on any atom is 0.262 e. The first-order chi connectivity index (χ1) is 17.1. The van der Waals surface area contributed by atoms with Gasteiger partial charge < -0.3 is 18.6 Å². The lowest BCUT2D eigenvalue weighted by Crippen LogP contribution is -2.54. The Morgan fingerprint density at radius 1 is 0.806 bits per heavy atom. The molecule has 0 amide bonds. The van der Waals surface area contributed by atoms with Crippen LogP contribution in [0.4, 0.5) is 0 Å². The molecule has 4 heterocycles. The lowest BCUT2D eigenvalue weighted by Gasteiger charge is -2.53. The van der Waals surface area contributed by atoms with Gasteiger partial charge in [0.2, 0.25) is 0 Å². The number of nitrogens with zero attached hydrogens (tertiary/aromatic N) is 2. The molecule has 3 atom stereocenters. The van der Waals surface area contributed by atoms with E-state index in [2.05, 4.69) is 26.8 Å². The zero-order valence-corrected chi connectivity index (χ0v) is 21.1. The van der Waals surface area contributed by atoms with E-state index >= 15 is 0 Å². The number of rotatable bonds is 0. The average molecular weight is 481 g/mol. The van der Waals surface area contributed by atoms with Gasteiger partial charge >= 0.3 is 0 Å². The van der Waals surface area contributed by atoms with Crippen LogP contribution in [0.15, 0.2) is 64.2 Å². The number of aromatic nitrogens is 2. The summed E-state index contributed by atoms with van der Waals surface area (Å²) in [7, 11) is 3.62. The second-order valence-corrected chi connectivity index (χ2v) is 11.2. The number of benzene rings is 2. The van der Waals surface area contributed by atoms with Crippen molar-refractivity contribution in [1.29, 1.82) is 0 Å². The first-order valence-electron chi connectivity index (χ1n) is 12.5. The molecule has 0 saturated carbocycles. The molecule has 6 nitrogen and oxygen atoms in total. The average Bonchev–Trinajstić information content (AvgIpc) is 2.84. The normalized spacial score (nSPS) is 25.3. The second kappa shape index (κ2) is 6.69. The molecule has 2 aromatic heterocycles. The quantitative estimate of drug-likeness (QED) is 0.359. The van der Waals surface area contributed by atoms with Crippen LogP contribution in [-0.4, -0.2) is 20.3 Å². The number of aryl methyl sites for hydroxylation is 2. The molecule has 36 heavy (non-hydrogen) atoms. The Kier molecular flexibility index (Phi) is 3.99. The SMILES string of the molecule is Cn1c(=O)c2c(c3ccccc31)OC(C)(C)C1C2=CC2(C)CC1c1c(c3ccccc3n(C)c1=O)O2. The van der Waals surface area contributed by atoms with E-state index in [4.69, 9.17) is 9.47 Å². The second-order valence-electron chi connectivity index (χ2n) is 11.2. The zero-order valence-electron chi connectivity index (χ0n) is 21.1. The Morgan fingerprint density at radius 3 is 2.06 bits per heavy atom. The van der Waals surface area contributed by atoms with E-state index in [-0.39, 0.29) is 23.0 Å². The van der Waals surface area contributed by atoms with Crippen LogP contribution in [0.2, 0.25) is 0 Å². The minimum absolute atomic E-state index is 0.0509. The third-order valence-corrected chi connectivity index (χ3v) is 8.48. The highest BCUT2D eigenvalue weighted by Crippen LogP contribution is 2.59. The summed E-state index contributed by atoms with van der Waals surface area (Å²) >= 11 is 0. The van der Waals surface area contributed by atoms with Crippen molar-refractivity contribution >= 4 is 27.4 Å². The van der Waals surface area contributed by atoms with Gasteiger partial charge in [-0.05, 0) is 63.1 Å². The number of ether oxygens (including phenoxy) is 2. The molecule has 6 heteroatoms. The highest BCUT2D eigenvalue weighted by Gasteiger charge is 2.55. The molecule has 1 aliphatic carbocycles. The summed E-state index contributed by atoms with van der Waals surface area (Å²) in [6, 6.07) is 15.7. The third kappa shape index (κ3) is 2.56. The van der Waals surface area contributed by atoms with Crippen molar-refractivity contribution in [3.05, 3.63) is 86.4 Å². The van der Waals surface area contributed by atoms with Crippen molar-refractivity contribution in [3.63, 3.8) is 0 Å². The molecule has 0 saturated heterocycles. The predicted molar refractivity (Wildman–Crippen MR) is 141 cm³/mol. The van der Waals surface area contributed by atoms with Gasteiger partial charge in [-0.1, -0.05) is 24.3 Å². The van der Waals surface area contributed by atoms with Crippen LogP contribution in [0.5, 0.6) is 11.5 Å². The molecule has 0 N–H and O–H groups in total. The lowest BCUT2D eigenvalue weighted by atomic mass is 9.61. The first kappa shape index (κ1) is 21.5. The molecular weight excluding hydrogens is 452 g/mol. The Bertz CT molecular complexity index is 1790. The van der Waals surface area contributed by atoms with Gasteiger partial charge in [0.15, 0.2) is 0 Å². The summed E-state index contributed by atoms with van der Waals surface area (Å²) in [5.74, 6) is 0.956. The van der Waals surface area contributed by atoms with Crippen molar-refractivity contribution < 1.29 is 9.47 Å². The minimum Gasteiger partial charge on any atom is -0.486 e. The van der Waals surface area contributed by atoms with Crippen LogP contribution in [0.25, 0.3) is 27.4 Å².